The smallest absolute Gasteiger partial charge is 0.252 e. The van der Waals surface area contributed by atoms with Crippen molar-refractivity contribution in [2.24, 2.45) is 16.9 Å². The van der Waals surface area contributed by atoms with E-state index in [1.165, 1.54) is 5.01 Å². The number of nitrogens with zero attached hydrogens (tertiary/aromatic N) is 4. The monoisotopic (exact) mass is 414 g/mol. The lowest BCUT2D eigenvalue weighted by Crippen LogP contribution is -2.45. The molecular weight excluding hydrogens is 392 g/mol. The molecule has 0 saturated heterocycles. The fourth-order valence-corrected chi connectivity index (χ4v) is 4.26. The maximum Gasteiger partial charge on any atom is 0.252 e. The van der Waals surface area contributed by atoms with Gasteiger partial charge in [0.2, 0.25) is 0 Å². The summed E-state index contributed by atoms with van der Waals surface area (Å²) >= 11 is 0. The van der Waals surface area contributed by atoms with E-state index in [-0.39, 0.29) is 17.7 Å². The normalized spacial score (nSPS) is 20.4. The second-order valence-electron chi connectivity index (χ2n) is 7.58. The number of ether oxygens (including phenoxy) is 2. The topological polar surface area (TPSA) is 76.9 Å². The first kappa shape index (κ1) is 19.2. The van der Waals surface area contributed by atoms with Crippen LogP contribution in [0, 0.1) is 11.8 Å². The number of amides is 1. The Balaban J connectivity index is 1.64. The first-order valence-electron chi connectivity index (χ1n) is 10.2. The van der Waals surface area contributed by atoms with Gasteiger partial charge in [-0.15, -0.1) is 0 Å². The average molecular weight is 414 g/mol. The Hall–Kier alpha value is -3.74. The minimum Gasteiger partial charge on any atom is -0.493 e. The Bertz CT molecular complexity index is 1220. The summed E-state index contributed by atoms with van der Waals surface area (Å²) in [4.78, 5) is 22.5. The van der Waals surface area contributed by atoms with E-state index in [1.54, 1.807) is 20.4 Å². The molecule has 0 radical (unpaired) electrons. The summed E-state index contributed by atoms with van der Waals surface area (Å²) in [5, 5.41) is 6.20. The Morgan fingerprint density at radius 1 is 0.935 bits per heavy atom. The second-order valence-corrected chi connectivity index (χ2v) is 7.58. The third kappa shape index (κ3) is 3.32. The zero-order valence-electron chi connectivity index (χ0n) is 17.4. The molecule has 2 heterocycles. The summed E-state index contributed by atoms with van der Waals surface area (Å²) in [7, 11) is 3.22. The van der Waals surface area contributed by atoms with Crippen LogP contribution in [-0.4, -0.2) is 35.8 Å². The van der Waals surface area contributed by atoms with Crippen LogP contribution in [0.3, 0.4) is 0 Å². The zero-order valence-corrected chi connectivity index (χ0v) is 17.4. The van der Waals surface area contributed by atoms with Gasteiger partial charge in [0.25, 0.3) is 5.91 Å². The third-order valence-corrected chi connectivity index (χ3v) is 5.85. The summed E-state index contributed by atoms with van der Waals surface area (Å²) in [5.74, 6) is 1.45. The highest BCUT2D eigenvalue weighted by atomic mass is 16.5. The van der Waals surface area contributed by atoms with Crippen molar-refractivity contribution in [3.8, 4) is 11.5 Å². The van der Waals surface area contributed by atoms with Crippen molar-refractivity contribution in [3.63, 3.8) is 0 Å². The van der Waals surface area contributed by atoms with Crippen molar-refractivity contribution >= 4 is 28.5 Å². The van der Waals surface area contributed by atoms with E-state index in [0.717, 1.165) is 28.7 Å². The minimum atomic E-state index is -0.195. The largest absolute Gasteiger partial charge is 0.493 e. The van der Waals surface area contributed by atoms with Gasteiger partial charge in [0.15, 0.2) is 17.3 Å². The van der Waals surface area contributed by atoms with Gasteiger partial charge >= 0.3 is 0 Å². The summed E-state index contributed by atoms with van der Waals surface area (Å²) < 4.78 is 10.9. The second kappa shape index (κ2) is 7.83. The number of hydrazone groups is 1. The van der Waals surface area contributed by atoms with Gasteiger partial charge < -0.3 is 9.47 Å². The van der Waals surface area contributed by atoms with Crippen LogP contribution in [0.15, 0.2) is 65.9 Å². The van der Waals surface area contributed by atoms with Crippen molar-refractivity contribution in [1.82, 2.24) is 9.97 Å². The number of benzene rings is 2. The number of methoxy groups -OCH3 is 2. The molecule has 0 fully saturated rings. The van der Waals surface area contributed by atoms with E-state index in [2.05, 4.69) is 22.1 Å². The Morgan fingerprint density at radius 3 is 2.45 bits per heavy atom. The van der Waals surface area contributed by atoms with Crippen LogP contribution >= 0.6 is 0 Å². The molecule has 2 atom stereocenters. The molecule has 7 heteroatoms. The molecule has 0 spiro atoms. The van der Waals surface area contributed by atoms with Crippen molar-refractivity contribution in [1.29, 1.82) is 0 Å². The van der Waals surface area contributed by atoms with Crippen LogP contribution in [0.2, 0.25) is 0 Å². The van der Waals surface area contributed by atoms with Gasteiger partial charge in [-0.3, -0.25) is 9.78 Å². The Morgan fingerprint density at radius 2 is 1.68 bits per heavy atom. The molecule has 31 heavy (non-hydrogen) atoms. The summed E-state index contributed by atoms with van der Waals surface area (Å²) in [6.45, 7) is 0. The molecule has 0 saturated carbocycles. The summed E-state index contributed by atoms with van der Waals surface area (Å²) in [6, 6.07) is 13.3. The number of rotatable bonds is 4. The van der Waals surface area contributed by atoms with E-state index in [9.17, 15) is 4.79 Å². The molecule has 2 unspecified atom stereocenters. The van der Waals surface area contributed by atoms with Crippen molar-refractivity contribution in [2.45, 2.75) is 12.8 Å². The molecule has 156 valence electrons. The highest BCUT2D eigenvalue weighted by molar-refractivity contribution is 6.11. The molecule has 1 aliphatic heterocycles. The zero-order chi connectivity index (χ0) is 21.4. The van der Waals surface area contributed by atoms with Gasteiger partial charge in [-0.25, -0.2) is 4.98 Å². The van der Waals surface area contributed by atoms with Crippen LogP contribution < -0.4 is 14.5 Å². The highest BCUT2D eigenvalue weighted by Gasteiger charge is 2.41. The molecule has 2 aromatic carbocycles. The lowest BCUT2D eigenvalue weighted by atomic mass is 9.76. The number of hydrogen-bond acceptors (Lipinski definition) is 6. The van der Waals surface area contributed by atoms with E-state index in [1.807, 2.05) is 42.5 Å². The molecular formula is C24H22N4O3. The lowest BCUT2D eigenvalue weighted by Gasteiger charge is -2.36. The first-order valence-corrected chi connectivity index (χ1v) is 10.2. The minimum absolute atomic E-state index is 0.000247. The quantitative estimate of drug-likeness (QED) is 0.604. The molecule has 2 aliphatic rings. The van der Waals surface area contributed by atoms with Crippen LogP contribution in [0.1, 0.15) is 18.4 Å². The van der Waals surface area contributed by atoms with E-state index in [0.29, 0.717) is 23.7 Å². The van der Waals surface area contributed by atoms with Crippen LogP contribution in [-0.2, 0) is 4.79 Å². The van der Waals surface area contributed by atoms with E-state index >= 15 is 0 Å². The molecule has 5 rings (SSSR count). The van der Waals surface area contributed by atoms with Crippen molar-refractivity contribution in [2.75, 3.05) is 19.2 Å². The van der Waals surface area contributed by atoms with Crippen molar-refractivity contribution < 1.29 is 14.3 Å². The van der Waals surface area contributed by atoms with Crippen molar-refractivity contribution in [3.05, 3.63) is 66.4 Å². The number of hydrogen-bond donors (Lipinski definition) is 0. The number of carbonyl (C=O) groups excluding carboxylic acids is 1. The SMILES string of the molecule is COc1ccc(C2=NN(c3cnc4ccccc4n3)C(=O)C3CC=CCC23)cc1OC. The van der Waals surface area contributed by atoms with Crippen LogP contribution in [0.5, 0.6) is 11.5 Å². The molecule has 7 nitrogen and oxygen atoms in total. The predicted molar refractivity (Wildman–Crippen MR) is 118 cm³/mol. The van der Waals surface area contributed by atoms with Gasteiger partial charge in [0, 0.05) is 11.5 Å². The molecule has 0 bridgehead atoms. The van der Waals surface area contributed by atoms with Gasteiger partial charge in [-0.05, 0) is 43.2 Å². The fourth-order valence-electron chi connectivity index (χ4n) is 4.26. The molecule has 0 N–H and O–H groups in total. The van der Waals surface area contributed by atoms with E-state index in [4.69, 9.17) is 14.6 Å². The first-order chi connectivity index (χ1) is 15.2. The Kier molecular flexibility index (Phi) is 4.86. The van der Waals surface area contributed by atoms with Crippen LogP contribution in [0.25, 0.3) is 11.0 Å². The Labute approximate surface area is 180 Å². The maximum absolute atomic E-state index is 13.4. The average Bonchev–Trinajstić information content (AvgIpc) is 2.83. The predicted octanol–water partition coefficient (Wildman–Crippen LogP) is 3.98. The summed E-state index contributed by atoms with van der Waals surface area (Å²) in [5.41, 5.74) is 3.23. The number of carbonyl (C=O) groups is 1. The number of fused-ring (bicyclic) bond motifs is 2. The third-order valence-electron chi connectivity index (χ3n) is 5.85. The molecule has 1 amide bonds. The summed E-state index contributed by atoms with van der Waals surface area (Å²) in [6.07, 6.45) is 7.24. The lowest BCUT2D eigenvalue weighted by molar-refractivity contribution is -0.123. The van der Waals surface area contributed by atoms with Gasteiger partial charge in [-0.1, -0.05) is 24.3 Å². The molecule has 1 aliphatic carbocycles. The van der Waals surface area contributed by atoms with Gasteiger partial charge in [0.1, 0.15) is 0 Å². The number of allylic oxidation sites excluding steroid dienone is 2. The fraction of sp³-hybridized carbons (Fsp3) is 0.250. The molecule has 1 aromatic heterocycles. The van der Waals surface area contributed by atoms with Gasteiger partial charge in [0.05, 0.1) is 43.1 Å². The standard InChI is InChI=1S/C24H22N4O3/c1-30-20-12-11-15(13-21(20)31-2)23-16-7-3-4-8-17(16)24(29)28(27-23)22-14-25-18-9-5-6-10-19(18)26-22/h3-6,9-14,16-17H,7-8H2,1-2H3. The number of anilines is 1. The molecule has 3 aromatic rings. The van der Waals surface area contributed by atoms with Crippen LogP contribution in [0.4, 0.5) is 5.82 Å². The number of aromatic nitrogens is 2. The number of para-hydroxylation sites is 2. The van der Waals surface area contributed by atoms with Gasteiger partial charge in [-0.2, -0.15) is 10.1 Å². The van der Waals surface area contributed by atoms with E-state index < -0.39 is 0 Å². The highest BCUT2D eigenvalue weighted by Crippen LogP contribution is 2.38. The maximum atomic E-state index is 13.4.